The predicted molar refractivity (Wildman–Crippen MR) is 174 cm³/mol. The van der Waals surface area contributed by atoms with Gasteiger partial charge in [-0.2, -0.15) is 0 Å². The first-order valence-electron chi connectivity index (χ1n) is 13.9. The highest BCUT2D eigenvalue weighted by atomic mass is 28.3. The number of aromatic nitrogens is 2. The number of pyridine rings is 2. The van der Waals surface area contributed by atoms with Crippen LogP contribution in [0.5, 0.6) is 0 Å². The normalized spacial score (nSPS) is 12.8. The number of anilines is 6. The molecule has 0 unspecified atom stereocenters. The summed E-state index contributed by atoms with van der Waals surface area (Å²) in [5.41, 5.74) is 6.98. The molecule has 0 fully saturated rings. The van der Waals surface area contributed by atoms with E-state index in [4.69, 9.17) is 9.97 Å². The second-order valence-electron chi connectivity index (χ2n) is 10.8. The van der Waals surface area contributed by atoms with Crippen LogP contribution >= 0.6 is 0 Å². The minimum Gasteiger partial charge on any atom is -0.295 e. The van der Waals surface area contributed by atoms with Gasteiger partial charge in [-0.1, -0.05) is 73.8 Å². The minimum atomic E-state index is -1.88. The van der Waals surface area contributed by atoms with E-state index in [0.717, 1.165) is 34.4 Å². The van der Waals surface area contributed by atoms with Gasteiger partial charge in [0.25, 0.3) is 0 Å². The molecule has 0 saturated carbocycles. The molecule has 0 bridgehead atoms. The Bertz CT molecular complexity index is 1590. The van der Waals surface area contributed by atoms with Crippen LogP contribution in [-0.2, 0) is 0 Å². The van der Waals surface area contributed by atoms with Crippen molar-refractivity contribution in [2.24, 2.45) is 0 Å². The lowest BCUT2D eigenvalue weighted by Crippen LogP contribution is -2.49. The summed E-state index contributed by atoms with van der Waals surface area (Å²) in [6.45, 7) is 4.91. The van der Waals surface area contributed by atoms with Crippen LogP contribution in [0.15, 0.2) is 146 Å². The zero-order valence-corrected chi connectivity index (χ0v) is 24.1. The van der Waals surface area contributed by atoms with E-state index < -0.39 is 8.07 Å². The van der Waals surface area contributed by atoms with E-state index in [1.165, 1.54) is 21.5 Å². The maximum absolute atomic E-state index is 4.72. The molecule has 41 heavy (non-hydrogen) atoms. The molecule has 6 aromatic rings. The summed E-state index contributed by atoms with van der Waals surface area (Å²) in [7, 11) is -1.88. The molecule has 2 aromatic heterocycles. The second-order valence-corrected chi connectivity index (χ2v) is 15.1. The van der Waals surface area contributed by atoms with Crippen molar-refractivity contribution in [1.29, 1.82) is 0 Å². The van der Waals surface area contributed by atoms with Crippen molar-refractivity contribution in [1.82, 2.24) is 9.97 Å². The second kappa shape index (κ2) is 10.2. The summed E-state index contributed by atoms with van der Waals surface area (Å²) >= 11 is 0. The van der Waals surface area contributed by atoms with E-state index in [9.17, 15) is 0 Å². The van der Waals surface area contributed by atoms with Crippen molar-refractivity contribution < 1.29 is 0 Å². The Labute approximate surface area is 242 Å². The average Bonchev–Trinajstić information content (AvgIpc) is 3.25. The Morgan fingerprint density at radius 2 is 0.854 bits per heavy atom. The lowest BCUT2D eigenvalue weighted by Gasteiger charge is -2.25. The quantitative estimate of drug-likeness (QED) is 0.197. The summed E-state index contributed by atoms with van der Waals surface area (Å²) in [5.74, 6) is 1.79. The van der Waals surface area contributed by atoms with Gasteiger partial charge in [0.1, 0.15) is 19.7 Å². The zero-order valence-electron chi connectivity index (χ0n) is 23.1. The molecule has 0 radical (unpaired) electrons. The summed E-state index contributed by atoms with van der Waals surface area (Å²) in [6.07, 6.45) is 3.71. The molecule has 3 heterocycles. The molecule has 0 saturated heterocycles. The van der Waals surface area contributed by atoms with Crippen molar-refractivity contribution >= 4 is 52.8 Å². The predicted octanol–water partition coefficient (Wildman–Crippen LogP) is 8.22. The topological polar surface area (TPSA) is 32.3 Å². The van der Waals surface area contributed by atoms with Gasteiger partial charge in [-0.15, -0.1) is 0 Å². The SMILES string of the molecule is C[Si]1(C)c2ccc(N(c3ccccc3)c3ccccn3)cc2-c2cc(N(c3ccccc3)c3ccccn3)ccc21. The van der Waals surface area contributed by atoms with Gasteiger partial charge in [0.15, 0.2) is 0 Å². The van der Waals surface area contributed by atoms with E-state index in [2.05, 4.69) is 132 Å². The molecule has 198 valence electrons. The van der Waals surface area contributed by atoms with Crippen LogP contribution < -0.4 is 20.2 Å². The Balaban J connectivity index is 1.40. The lowest BCUT2D eigenvalue weighted by molar-refractivity contribution is 1.18. The molecule has 0 amide bonds. The van der Waals surface area contributed by atoms with Gasteiger partial charge in [0, 0.05) is 35.1 Å². The molecular weight excluding hydrogens is 517 g/mol. The van der Waals surface area contributed by atoms with E-state index in [-0.39, 0.29) is 0 Å². The molecular formula is C36H30N4Si. The third kappa shape index (κ3) is 4.41. The van der Waals surface area contributed by atoms with Gasteiger partial charge in [-0.3, -0.25) is 9.80 Å². The first kappa shape index (κ1) is 25.0. The minimum absolute atomic E-state index is 0.896. The summed E-state index contributed by atoms with van der Waals surface area (Å²) in [5, 5.41) is 2.93. The Kier molecular flexibility index (Phi) is 6.21. The fourth-order valence-corrected chi connectivity index (χ4v) is 9.03. The van der Waals surface area contributed by atoms with Gasteiger partial charge < -0.3 is 0 Å². The highest BCUT2D eigenvalue weighted by Gasteiger charge is 2.38. The smallest absolute Gasteiger partial charge is 0.137 e. The van der Waals surface area contributed by atoms with Crippen molar-refractivity contribution in [2.45, 2.75) is 13.1 Å². The number of para-hydroxylation sites is 2. The van der Waals surface area contributed by atoms with Crippen LogP contribution in [0.3, 0.4) is 0 Å². The van der Waals surface area contributed by atoms with Crippen molar-refractivity contribution in [3.63, 3.8) is 0 Å². The molecule has 4 nitrogen and oxygen atoms in total. The first-order valence-corrected chi connectivity index (χ1v) is 16.9. The largest absolute Gasteiger partial charge is 0.295 e. The van der Waals surface area contributed by atoms with Crippen molar-refractivity contribution in [2.75, 3.05) is 9.80 Å². The highest BCUT2D eigenvalue weighted by molar-refractivity contribution is 7.03. The first-order chi connectivity index (χ1) is 20.1. The van der Waals surface area contributed by atoms with Crippen LogP contribution in [0.2, 0.25) is 13.1 Å². The van der Waals surface area contributed by atoms with Gasteiger partial charge in [-0.25, -0.2) is 9.97 Å². The van der Waals surface area contributed by atoms with Crippen LogP contribution in [-0.4, -0.2) is 18.0 Å². The fraction of sp³-hybridized carbons (Fsp3) is 0.0556. The zero-order chi connectivity index (χ0) is 27.8. The van der Waals surface area contributed by atoms with E-state index in [1.807, 2.05) is 36.7 Å². The summed E-state index contributed by atoms with van der Waals surface area (Å²) < 4.78 is 0. The molecule has 1 aliphatic heterocycles. The standard InChI is InChI=1S/C36H30N4Si/c1-41(2)33-21-19-29(39(27-13-5-3-6-14-27)35-17-9-11-23-37-35)25-31(33)32-26-30(20-22-34(32)41)40(28-15-7-4-8-16-28)36-18-10-12-24-38-36/h3-26H,1-2H3. The molecule has 0 atom stereocenters. The fourth-order valence-electron chi connectivity index (χ4n) is 5.98. The van der Waals surface area contributed by atoms with Crippen molar-refractivity contribution in [3.8, 4) is 11.1 Å². The molecule has 5 heteroatoms. The van der Waals surface area contributed by atoms with E-state index in [0.29, 0.717) is 0 Å². The monoisotopic (exact) mass is 546 g/mol. The third-order valence-corrected chi connectivity index (χ3v) is 11.5. The van der Waals surface area contributed by atoms with Crippen LogP contribution in [0.1, 0.15) is 0 Å². The van der Waals surface area contributed by atoms with Crippen molar-refractivity contribution in [3.05, 3.63) is 146 Å². The molecule has 0 aliphatic carbocycles. The van der Waals surface area contributed by atoms with Gasteiger partial charge in [0.05, 0.1) is 0 Å². The van der Waals surface area contributed by atoms with E-state index >= 15 is 0 Å². The average molecular weight is 547 g/mol. The third-order valence-electron chi connectivity index (χ3n) is 7.95. The lowest BCUT2D eigenvalue weighted by atomic mass is 10.0. The Morgan fingerprint density at radius 1 is 0.439 bits per heavy atom. The molecule has 0 N–H and O–H groups in total. The van der Waals surface area contributed by atoms with Crippen LogP contribution in [0.25, 0.3) is 11.1 Å². The maximum Gasteiger partial charge on any atom is 0.137 e. The number of fused-ring (bicyclic) bond motifs is 3. The molecule has 7 rings (SSSR count). The van der Waals surface area contributed by atoms with Crippen LogP contribution in [0, 0.1) is 0 Å². The van der Waals surface area contributed by atoms with Crippen LogP contribution in [0.4, 0.5) is 34.4 Å². The highest BCUT2D eigenvalue weighted by Crippen LogP contribution is 2.40. The summed E-state index contributed by atoms with van der Waals surface area (Å²) in [6, 6.07) is 47.0. The molecule has 0 spiro atoms. The van der Waals surface area contributed by atoms with Gasteiger partial charge >= 0.3 is 0 Å². The van der Waals surface area contributed by atoms with Gasteiger partial charge in [-0.05, 0) is 94.3 Å². The van der Waals surface area contributed by atoms with E-state index in [1.54, 1.807) is 0 Å². The number of rotatable bonds is 6. The number of hydrogen-bond acceptors (Lipinski definition) is 4. The summed E-state index contributed by atoms with van der Waals surface area (Å²) in [4.78, 5) is 13.9. The number of hydrogen-bond donors (Lipinski definition) is 0. The number of nitrogens with zero attached hydrogens (tertiary/aromatic N) is 4. The molecule has 4 aromatic carbocycles. The maximum atomic E-state index is 4.72. The molecule has 1 aliphatic rings. The van der Waals surface area contributed by atoms with Gasteiger partial charge in [0.2, 0.25) is 0 Å². The Morgan fingerprint density at radius 3 is 1.24 bits per heavy atom. The Hall–Kier alpha value is -5.00. The number of benzene rings is 4.